The molecule has 9 nitrogen and oxygen atoms in total. The molecular formula is C30H34N6O3S. The number of benzene rings is 2. The number of anilines is 1. The number of amidine groups is 2. The van der Waals surface area contributed by atoms with Crippen molar-refractivity contribution in [3.63, 3.8) is 0 Å². The van der Waals surface area contributed by atoms with Crippen LogP contribution in [0.25, 0.3) is 0 Å². The third kappa shape index (κ3) is 5.63. The number of carbonyl (C=O) groups is 3. The van der Waals surface area contributed by atoms with Gasteiger partial charge >= 0.3 is 0 Å². The van der Waals surface area contributed by atoms with Crippen molar-refractivity contribution in [2.75, 3.05) is 36.8 Å². The molecule has 3 heterocycles. The number of hydrogen-bond donors (Lipinski definition) is 1. The highest BCUT2D eigenvalue weighted by Gasteiger charge is 2.42. The third-order valence-corrected chi connectivity index (χ3v) is 8.91. The number of nitrogens with zero attached hydrogens (tertiary/aromatic N) is 5. The average Bonchev–Trinajstić information content (AvgIpc) is 3.33. The fraction of sp³-hybridized carbons (Fsp3) is 0.433. The molecule has 0 unspecified atom stereocenters. The molecule has 0 spiro atoms. The Morgan fingerprint density at radius 2 is 1.65 bits per heavy atom. The van der Waals surface area contributed by atoms with Crippen LogP contribution in [0.15, 0.2) is 64.6 Å². The summed E-state index contributed by atoms with van der Waals surface area (Å²) in [6, 6.07) is 17.2. The molecule has 1 aliphatic carbocycles. The molecule has 2 aromatic rings. The SMILES string of the molecule is O=C(CSC1=Nc2ccccc2C2=N[C@H](CC(=O)N3CCN(c4ccccc4)CC3)C(=O)N12)NC1CCCCC1. The molecule has 10 heteroatoms. The van der Waals surface area contributed by atoms with Crippen LogP contribution in [0.4, 0.5) is 11.4 Å². The van der Waals surface area contributed by atoms with Gasteiger partial charge in [-0.05, 0) is 37.1 Å². The van der Waals surface area contributed by atoms with E-state index in [1.807, 2.05) is 47.4 Å². The van der Waals surface area contributed by atoms with Gasteiger partial charge in [-0.3, -0.25) is 19.4 Å². The number of rotatable bonds is 6. The lowest BCUT2D eigenvalue weighted by molar-refractivity contribution is -0.135. The van der Waals surface area contributed by atoms with Crippen molar-refractivity contribution >= 4 is 51.9 Å². The maximum Gasteiger partial charge on any atom is 0.259 e. The van der Waals surface area contributed by atoms with Gasteiger partial charge in [0.15, 0.2) is 5.17 Å². The van der Waals surface area contributed by atoms with Crippen LogP contribution in [-0.4, -0.2) is 82.5 Å². The van der Waals surface area contributed by atoms with Gasteiger partial charge in [-0.1, -0.05) is 61.4 Å². The number of carbonyl (C=O) groups excluding carboxylic acids is 3. The Kier molecular flexibility index (Phi) is 7.86. The van der Waals surface area contributed by atoms with Crippen LogP contribution < -0.4 is 10.2 Å². The van der Waals surface area contributed by atoms with E-state index in [4.69, 9.17) is 9.98 Å². The Balaban J connectivity index is 1.11. The summed E-state index contributed by atoms with van der Waals surface area (Å²) in [5, 5.41) is 3.57. The molecule has 1 N–H and O–H groups in total. The number of para-hydroxylation sites is 2. The Morgan fingerprint density at radius 1 is 0.925 bits per heavy atom. The maximum absolute atomic E-state index is 13.6. The zero-order chi connectivity index (χ0) is 27.5. The standard InChI is InChI=1S/C30H34N6O3S/c37-26(31-21-9-3-1-4-10-21)20-40-30-33-24-14-8-7-13-23(24)28-32-25(29(39)36(28)30)19-27(38)35-17-15-34(16-18-35)22-11-5-2-6-12-22/h2,5-8,11-14,21,25H,1,3-4,9-10,15-20H2,(H,31,37)/t25-/m1/s1. The predicted molar refractivity (Wildman–Crippen MR) is 158 cm³/mol. The molecule has 1 saturated heterocycles. The summed E-state index contributed by atoms with van der Waals surface area (Å²) < 4.78 is 0. The molecular weight excluding hydrogens is 524 g/mol. The summed E-state index contributed by atoms with van der Waals surface area (Å²) in [6.07, 6.45) is 5.57. The first kappa shape index (κ1) is 26.6. The minimum absolute atomic E-state index is 0.0203. The second kappa shape index (κ2) is 11.8. The largest absolute Gasteiger partial charge is 0.368 e. The molecule has 0 aromatic heterocycles. The second-order valence-corrected chi connectivity index (χ2v) is 11.6. The van der Waals surface area contributed by atoms with Crippen molar-refractivity contribution in [2.45, 2.75) is 50.6 Å². The Morgan fingerprint density at radius 3 is 2.42 bits per heavy atom. The molecule has 1 atom stereocenters. The van der Waals surface area contributed by atoms with Gasteiger partial charge in [0.1, 0.15) is 11.9 Å². The Hall–Kier alpha value is -3.66. The quantitative estimate of drug-likeness (QED) is 0.585. The lowest BCUT2D eigenvalue weighted by Gasteiger charge is -2.36. The van der Waals surface area contributed by atoms with E-state index >= 15 is 0 Å². The van der Waals surface area contributed by atoms with E-state index in [1.165, 1.54) is 23.1 Å². The van der Waals surface area contributed by atoms with Gasteiger partial charge in [-0.25, -0.2) is 9.89 Å². The zero-order valence-corrected chi connectivity index (χ0v) is 23.3. The molecule has 4 aliphatic rings. The molecule has 6 rings (SSSR count). The molecule has 1 saturated carbocycles. The average molecular weight is 559 g/mol. The van der Waals surface area contributed by atoms with Gasteiger partial charge in [0, 0.05) is 43.5 Å². The molecule has 3 aliphatic heterocycles. The smallest absolute Gasteiger partial charge is 0.259 e. The van der Waals surface area contributed by atoms with E-state index in [2.05, 4.69) is 22.3 Å². The number of aliphatic imine (C=N–C) groups is 2. The van der Waals surface area contributed by atoms with Crippen LogP contribution in [0.1, 0.15) is 44.1 Å². The summed E-state index contributed by atoms with van der Waals surface area (Å²) >= 11 is 1.25. The highest BCUT2D eigenvalue weighted by atomic mass is 32.2. The number of hydrogen-bond acceptors (Lipinski definition) is 7. The third-order valence-electron chi connectivity index (χ3n) is 7.97. The van der Waals surface area contributed by atoms with E-state index in [1.54, 1.807) is 0 Å². The fourth-order valence-electron chi connectivity index (χ4n) is 5.83. The number of amides is 3. The van der Waals surface area contributed by atoms with Gasteiger partial charge in [0.25, 0.3) is 5.91 Å². The van der Waals surface area contributed by atoms with Gasteiger partial charge in [-0.2, -0.15) is 0 Å². The van der Waals surface area contributed by atoms with E-state index in [0.717, 1.165) is 50.0 Å². The number of fused-ring (bicyclic) bond motifs is 3. The van der Waals surface area contributed by atoms with Crippen molar-refractivity contribution < 1.29 is 14.4 Å². The van der Waals surface area contributed by atoms with Crippen LogP contribution in [0.5, 0.6) is 0 Å². The van der Waals surface area contributed by atoms with Crippen molar-refractivity contribution in [3.05, 3.63) is 60.2 Å². The van der Waals surface area contributed by atoms with E-state index < -0.39 is 6.04 Å². The minimum Gasteiger partial charge on any atom is -0.368 e. The Bertz CT molecular complexity index is 1330. The first-order valence-corrected chi connectivity index (χ1v) is 15.1. The maximum atomic E-state index is 13.6. The Labute approximate surface area is 238 Å². The first-order valence-electron chi connectivity index (χ1n) is 14.2. The topological polar surface area (TPSA) is 97.7 Å². The second-order valence-electron chi connectivity index (χ2n) is 10.7. The molecule has 208 valence electrons. The number of nitrogens with one attached hydrogen (secondary N) is 1. The monoisotopic (exact) mass is 558 g/mol. The normalized spacial score (nSPS) is 20.9. The molecule has 0 radical (unpaired) electrons. The van der Waals surface area contributed by atoms with Gasteiger partial charge < -0.3 is 15.1 Å². The summed E-state index contributed by atoms with van der Waals surface area (Å²) in [5.41, 5.74) is 2.63. The highest BCUT2D eigenvalue weighted by Crippen LogP contribution is 2.34. The van der Waals surface area contributed by atoms with Crippen LogP contribution in [0.3, 0.4) is 0 Å². The minimum atomic E-state index is -0.803. The summed E-state index contributed by atoms with van der Waals surface area (Å²) in [4.78, 5) is 54.6. The number of thioether (sulfide) groups is 1. The van der Waals surface area contributed by atoms with E-state index in [-0.39, 0.29) is 35.9 Å². The molecule has 2 fully saturated rings. The molecule has 3 amide bonds. The lowest BCUT2D eigenvalue weighted by atomic mass is 9.95. The molecule has 40 heavy (non-hydrogen) atoms. The fourth-order valence-corrected chi connectivity index (χ4v) is 6.64. The van der Waals surface area contributed by atoms with Crippen molar-refractivity contribution in [3.8, 4) is 0 Å². The predicted octanol–water partition coefficient (Wildman–Crippen LogP) is 3.57. The summed E-state index contributed by atoms with van der Waals surface area (Å²) in [7, 11) is 0. The summed E-state index contributed by atoms with van der Waals surface area (Å²) in [6.45, 7) is 2.71. The lowest BCUT2D eigenvalue weighted by Crippen LogP contribution is -2.50. The van der Waals surface area contributed by atoms with Gasteiger partial charge in [0.2, 0.25) is 11.8 Å². The molecule has 2 aromatic carbocycles. The van der Waals surface area contributed by atoms with E-state index in [0.29, 0.717) is 29.8 Å². The van der Waals surface area contributed by atoms with Crippen molar-refractivity contribution in [1.82, 2.24) is 15.1 Å². The van der Waals surface area contributed by atoms with Crippen LogP contribution in [0.2, 0.25) is 0 Å². The van der Waals surface area contributed by atoms with Crippen LogP contribution in [0, 0.1) is 0 Å². The van der Waals surface area contributed by atoms with E-state index in [9.17, 15) is 14.4 Å². The first-order chi connectivity index (χ1) is 19.6. The van der Waals surface area contributed by atoms with Crippen molar-refractivity contribution in [2.24, 2.45) is 9.98 Å². The van der Waals surface area contributed by atoms with Crippen molar-refractivity contribution in [1.29, 1.82) is 0 Å². The van der Waals surface area contributed by atoms with Crippen LogP contribution in [-0.2, 0) is 14.4 Å². The van der Waals surface area contributed by atoms with Gasteiger partial charge in [0.05, 0.1) is 17.9 Å². The number of piperazine rings is 1. The summed E-state index contributed by atoms with van der Waals surface area (Å²) in [5.74, 6) is 0.299. The zero-order valence-electron chi connectivity index (χ0n) is 22.5. The highest BCUT2D eigenvalue weighted by molar-refractivity contribution is 8.14. The molecule has 0 bridgehead atoms. The van der Waals surface area contributed by atoms with Gasteiger partial charge in [-0.15, -0.1) is 0 Å². The van der Waals surface area contributed by atoms with Crippen LogP contribution >= 0.6 is 11.8 Å².